The van der Waals surface area contributed by atoms with Crippen molar-refractivity contribution in [3.8, 4) is 6.07 Å². The molecule has 0 heterocycles. The maximum absolute atomic E-state index is 13.9. The minimum atomic E-state index is -0.443. The van der Waals surface area contributed by atoms with Gasteiger partial charge in [-0.1, -0.05) is 38.1 Å². The van der Waals surface area contributed by atoms with E-state index < -0.39 is 5.82 Å². The lowest BCUT2D eigenvalue weighted by Gasteiger charge is -2.10. The zero-order valence-corrected chi connectivity index (χ0v) is 11.7. The molecule has 2 nitrogen and oxygen atoms in total. The van der Waals surface area contributed by atoms with E-state index >= 15 is 0 Å². The number of hydrogen-bond donors (Lipinski definition) is 1. The summed E-state index contributed by atoms with van der Waals surface area (Å²) in [5, 5.41) is 12.0. The van der Waals surface area contributed by atoms with Gasteiger partial charge in [-0.05, 0) is 29.7 Å². The van der Waals surface area contributed by atoms with E-state index in [1.807, 2.05) is 18.2 Å². The van der Waals surface area contributed by atoms with Crippen LogP contribution in [0.3, 0.4) is 0 Å². The largest absolute Gasteiger partial charge is 0.381 e. The van der Waals surface area contributed by atoms with Gasteiger partial charge in [0, 0.05) is 17.8 Å². The van der Waals surface area contributed by atoms with E-state index in [1.165, 1.54) is 11.6 Å². The van der Waals surface area contributed by atoms with Gasteiger partial charge in [0.15, 0.2) is 0 Å². The summed E-state index contributed by atoms with van der Waals surface area (Å²) in [4.78, 5) is 0. The molecule has 20 heavy (non-hydrogen) atoms. The third-order valence-electron chi connectivity index (χ3n) is 3.26. The number of anilines is 1. The molecule has 2 aromatic carbocycles. The van der Waals surface area contributed by atoms with Crippen LogP contribution < -0.4 is 5.32 Å². The fraction of sp³-hybridized carbons (Fsp3) is 0.235. The van der Waals surface area contributed by atoms with Crippen LogP contribution in [0, 0.1) is 17.1 Å². The molecule has 0 spiro atoms. The van der Waals surface area contributed by atoms with E-state index in [0.29, 0.717) is 18.0 Å². The normalized spacial score (nSPS) is 10.3. The first-order valence-electron chi connectivity index (χ1n) is 6.63. The predicted molar refractivity (Wildman–Crippen MR) is 79.0 cm³/mol. The highest BCUT2D eigenvalue weighted by Gasteiger charge is 2.07. The van der Waals surface area contributed by atoms with E-state index in [0.717, 1.165) is 5.69 Å². The van der Waals surface area contributed by atoms with Crippen molar-refractivity contribution in [3.05, 3.63) is 65.0 Å². The van der Waals surface area contributed by atoms with Crippen LogP contribution in [-0.2, 0) is 6.54 Å². The van der Waals surface area contributed by atoms with Crippen molar-refractivity contribution in [3.63, 3.8) is 0 Å². The Labute approximate surface area is 118 Å². The van der Waals surface area contributed by atoms with Gasteiger partial charge in [0.25, 0.3) is 0 Å². The van der Waals surface area contributed by atoms with Gasteiger partial charge in [-0.15, -0.1) is 0 Å². The third kappa shape index (κ3) is 3.16. The summed E-state index contributed by atoms with van der Waals surface area (Å²) < 4.78 is 13.9. The van der Waals surface area contributed by atoms with Crippen molar-refractivity contribution in [2.75, 3.05) is 5.32 Å². The van der Waals surface area contributed by atoms with E-state index in [9.17, 15) is 4.39 Å². The van der Waals surface area contributed by atoms with Crippen molar-refractivity contribution in [2.45, 2.75) is 26.3 Å². The summed E-state index contributed by atoms with van der Waals surface area (Å²) in [5.74, 6) is 0.0510. The standard InChI is InChI=1S/C17H17FN2/c1-12(2)13-6-8-16(9-7-13)20-11-15-5-3-4-14(10-19)17(15)18/h3-9,12,20H,11H2,1-2H3. The lowest BCUT2D eigenvalue weighted by Crippen LogP contribution is -2.03. The topological polar surface area (TPSA) is 35.8 Å². The average Bonchev–Trinajstić information content (AvgIpc) is 2.46. The maximum Gasteiger partial charge on any atom is 0.145 e. The first-order chi connectivity index (χ1) is 9.61. The van der Waals surface area contributed by atoms with Crippen molar-refractivity contribution in [2.24, 2.45) is 0 Å². The summed E-state index contributed by atoms with van der Waals surface area (Å²) in [5.41, 5.74) is 2.79. The van der Waals surface area contributed by atoms with Crippen LogP contribution in [0.1, 0.15) is 36.5 Å². The second-order valence-electron chi connectivity index (χ2n) is 5.02. The van der Waals surface area contributed by atoms with E-state index in [-0.39, 0.29) is 5.56 Å². The smallest absolute Gasteiger partial charge is 0.145 e. The second kappa shape index (κ2) is 6.21. The molecule has 0 saturated heterocycles. The van der Waals surface area contributed by atoms with Gasteiger partial charge in [-0.25, -0.2) is 4.39 Å². The third-order valence-corrected chi connectivity index (χ3v) is 3.26. The number of nitriles is 1. The summed E-state index contributed by atoms with van der Waals surface area (Å²) in [6.07, 6.45) is 0. The van der Waals surface area contributed by atoms with Crippen LogP contribution in [-0.4, -0.2) is 0 Å². The Hall–Kier alpha value is -2.34. The minimum absolute atomic E-state index is 0.0828. The van der Waals surface area contributed by atoms with Crippen LogP contribution in [0.4, 0.5) is 10.1 Å². The van der Waals surface area contributed by atoms with Gasteiger partial charge in [0.05, 0.1) is 5.56 Å². The Kier molecular flexibility index (Phi) is 4.37. The van der Waals surface area contributed by atoms with Gasteiger partial charge >= 0.3 is 0 Å². The molecule has 102 valence electrons. The zero-order chi connectivity index (χ0) is 14.5. The molecule has 0 aliphatic rings. The fourth-order valence-corrected chi connectivity index (χ4v) is 1.99. The fourth-order valence-electron chi connectivity index (χ4n) is 1.99. The highest BCUT2D eigenvalue weighted by Crippen LogP contribution is 2.18. The quantitative estimate of drug-likeness (QED) is 0.890. The molecular weight excluding hydrogens is 251 g/mol. The molecule has 0 aliphatic carbocycles. The molecule has 2 rings (SSSR count). The number of halogens is 1. The molecule has 3 heteroatoms. The average molecular weight is 268 g/mol. The molecule has 0 bridgehead atoms. The molecule has 0 atom stereocenters. The highest BCUT2D eigenvalue weighted by molar-refractivity contribution is 5.46. The van der Waals surface area contributed by atoms with Gasteiger partial charge < -0.3 is 5.32 Å². The Bertz CT molecular complexity index is 624. The van der Waals surface area contributed by atoms with Crippen LogP contribution in [0.2, 0.25) is 0 Å². The van der Waals surface area contributed by atoms with Crippen LogP contribution in [0.15, 0.2) is 42.5 Å². The first kappa shape index (κ1) is 14.1. The number of nitrogens with one attached hydrogen (secondary N) is 1. The zero-order valence-electron chi connectivity index (χ0n) is 11.7. The number of rotatable bonds is 4. The van der Waals surface area contributed by atoms with Gasteiger partial charge in [-0.3, -0.25) is 0 Å². The predicted octanol–water partition coefficient (Wildman–Crippen LogP) is 4.43. The van der Waals surface area contributed by atoms with Gasteiger partial charge in [0.2, 0.25) is 0 Å². The van der Waals surface area contributed by atoms with Crippen molar-refractivity contribution >= 4 is 5.69 Å². The lowest BCUT2D eigenvalue weighted by atomic mass is 10.0. The Morgan fingerprint density at radius 1 is 1.15 bits per heavy atom. The van der Waals surface area contributed by atoms with Crippen molar-refractivity contribution in [1.82, 2.24) is 0 Å². The Morgan fingerprint density at radius 2 is 1.85 bits per heavy atom. The molecule has 0 amide bonds. The molecule has 0 fully saturated rings. The Morgan fingerprint density at radius 3 is 2.45 bits per heavy atom. The van der Waals surface area contributed by atoms with Crippen LogP contribution >= 0.6 is 0 Å². The maximum atomic E-state index is 13.9. The van der Waals surface area contributed by atoms with E-state index in [4.69, 9.17) is 5.26 Å². The highest BCUT2D eigenvalue weighted by atomic mass is 19.1. The summed E-state index contributed by atoms with van der Waals surface area (Å²) >= 11 is 0. The van der Waals surface area contributed by atoms with Gasteiger partial charge in [-0.2, -0.15) is 5.26 Å². The lowest BCUT2D eigenvalue weighted by molar-refractivity contribution is 0.609. The first-order valence-corrected chi connectivity index (χ1v) is 6.63. The number of benzene rings is 2. The molecule has 0 unspecified atom stereocenters. The molecule has 0 radical (unpaired) electrons. The summed E-state index contributed by atoms with van der Waals surface area (Å²) in [6.45, 7) is 4.65. The molecule has 0 aliphatic heterocycles. The molecule has 0 saturated carbocycles. The van der Waals surface area contributed by atoms with Crippen molar-refractivity contribution < 1.29 is 4.39 Å². The molecular formula is C17H17FN2. The summed E-state index contributed by atoms with van der Waals surface area (Å²) in [7, 11) is 0. The van der Waals surface area contributed by atoms with Crippen LogP contribution in [0.25, 0.3) is 0 Å². The summed E-state index contributed by atoms with van der Waals surface area (Å²) in [6, 6.07) is 14.8. The number of hydrogen-bond acceptors (Lipinski definition) is 2. The second-order valence-corrected chi connectivity index (χ2v) is 5.02. The molecule has 1 N–H and O–H groups in total. The minimum Gasteiger partial charge on any atom is -0.381 e. The van der Waals surface area contributed by atoms with E-state index in [1.54, 1.807) is 12.1 Å². The molecule has 0 aromatic heterocycles. The van der Waals surface area contributed by atoms with Crippen LogP contribution in [0.5, 0.6) is 0 Å². The monoisotopic (exact) mass is 268 g/mol. The Balaban J connectivity index is 2.07. The van der Waals surface area contributed by atoms with E-state index in [2.05, 4.69) is 31.3 Å². The SMILES string of the molecule is CC(C)c1ccc(NCc2cccc(C#N)c2F)cc1. The molecule has 2 aromatic rings. The van der Waals surface area contributed by atoms with Gasteiger partial charge in [0.1, 0.15) is 11.9 Å². The number of nitrogens with zero attached hydrogens (tertiary/aromatic N) is 1. The van der Waals surface area contributed by atoms with Crippen molar-refractivity contribution in [1.29, 1.82) is 5.26 Å².